The first-order valence-corrected chi connectivity index (χ1v) is 7.95. The smallest absolute Gasteiger partial charge is 0.335 e. The predicted octanol–water partition coefficient (Wildman–Crippen LogP) is 3.69. The van der Waals surface area contributed by atoms with Crippen LogP contribution in [0.2, 0.25) is 0 Å². The maximum Gasteiger partial charge on any atom is 0.335 e. The lowest BCUT2D eigenvalue weighted by Crippen LogP contribution is -2.25. The minimum absolute atomic E-state index is 0.212. The number of rotatable bonds is 3. The summed E-state index contributed by atoms with van der Waals surface area (Å²) in [4.78, 5) is 10.9. The molecule has 4 nitrogen and oxygen atoms in total. The molecule has 1 atom stereocenters. The zero-order chi connectivity index (χ0) is 16.8. The molecule has 0 radical (unpaired) electrons. The lowest BCUT2D eigenvalue weighted by atomic mass is 10.1. The summed E-state index contributed by atoms with van der Waals surface area (Å²) >= 11 is 0. The van der Waals surface area contributed by atoms with Crippen LogP contribution in [0.5, 0.6) is 5.75 Å². The van der Waals surface area contributed by atoms with Crippen LogP contribution in [-0.4, -0.2) is 24.0 Å². The molecule has 4 heteroatoms. The SMILES string of the molecule is O=C(O)c1ccc(C#Cc2ccccc2OC2CCCCO2)cc1. The lowest BCUT2D eigenvalue weighted by Gasteiger charge is -2.23. The van der Waals surface area contributed by atoms with Gasteiger partial charge in [-0.25, -0.2) is 4.79 Å². The van der Waals surface area contributed by atoms with Gasteiger partial charge in [-0.05, 0) is 49.2 Å². The summed E-state index contributed by atoms with van der Waals surface area (Å²) in [5.41, 5.74) is 1.79. The van der Waals surface area contributed by atoms with E-state index in [1.165, 1.54) is 0 Å². The number of carbonyl (C=O) groups is 1. The normalized spacial score (nSPS) is 16.8. The molecule has 1 aliphatic heterocycles. The number of ether oxygens (including phenoxy) is 2. The molecule has 0 spiro atoms. The van der Waals surface area contributed by atoms with Crippen LogP contribution >= 0.6 is 0 Å². The summed E-state index contributed by atoms with van der Waals surface area (Å²) in [6.07, 6.45) is 2.86. The molecule has 1 heterocycles. The third kappa shape index (κ3) is 4.15. The van der Waals surface area contributed by atoms with Crippen molar-refractivity contribution in [3.05, 3.63) is 65.2 Å². The molecular formula is C20H18O4. The Morgan fingerprint density at radius 3 is 2.58 bits per heavy atom. The van der Waals surface area contributed by atoms with Gasteiger partial charge in [-0.15, -0.1) is 0 Å². The highest BCUT2D eigenvalue weighted by Gasteiger charge is 2.16. The molecule has 1 aliphatic rings. The third-order valence-electron chi connectivity index (χ3n) is 3.76. The van der Waals surface area contributed by atoms with Gasteiger partial charge in [-0.2, -0.15) is 0 Å². The van der Waals surface area contributed by atoms with Gasteiger partial charge in [-0.1, -0.05) is 24.0 Å². The van der Waals surface area contributed by atoms with Gasteiger partial charge in [0.05, 0.1) is 17.7 Å². The highest BCUT2D eigenvalue weighted by atomic mass is 16.7. The fourth-order valence-corrected chi connectivity index (χ4v) is 2.45. The molecule has 0 aliphatic carbocycles. The standard InChI is InChI=1S/C20H18O4/c21-20(22)17-12-9-15(10-13-17)8-11-16-5-1-2-6-18(16)24-19-7-3-4-14-23-19/h1-2,5-6,9-10,12-13,19H,3-4,7,14H2,(H,21,22). The molecule has 0 aromatic heterocycles. The Kier molecular flexibility index (Phi) is 5.15. The van der Waals surface area contributed by atoms with E-state index in [1.54, 1.807) is 24.3 Å². The van der Waals surface area contributed by atoms with Crippen LogP contribution in [0.4, 0.5) is 0 Å². The summed E-state index contributed by atoms with van der Waals surface area (Å²) in [5, 5.41) is 8.91. The molecule has 0 saturated carbocycles. The van der Waals surface area contributed by atoms with Crippen molar-refractivity contribution in [2.24, 2.45) is 0 Å². The Morgan fingerprint density at radius 2 is 1.88 bits per heavy atom. The van der Waals surface area contributed by atoms with Gasteiger partial charge in [0, 0.05) is 12.0 Å². The zero-order valence-corrected chi connectivity index (χ0v) is 13.2. The lowest BCUT2D eigenvalue weighted by molar-refractivity contribution is -0.106. The van der Waals surface area contributed by atoms with Crippen molar-refractivity contribution in [1.82, 2.24) is 0 Å². The molecule has 122 valence electrons. The molecule has 1 unspecified atom stereocenters. The van der Waals surface area contributed by atoms with Crippen LogP contribution in [0.3, 0.4) is 0 Å². The molecule has 3 rings (SSSR count). The molecular weight excluding hydrogens is 304 g/mol. The maximum absolute atomic E-state index is 10.9. The zero-order valence-electron chi connectivity index (χ0n) is 13.2. The third-order valence-corrected chi connectivity index (χ3v) is 3.76. The fourth-order valence-electron chi connectivity index (χ4n) is 2.45. The van der Waals surface area contributed by atoms with E-state index in [4.69, 9.17) is 14.6 Å². The van der Waals surface area contributed by atoms with E-state index in [-0.39, 0.29) is 11.9 Å². The topological polar surface area (TPSA) is 55.8 Å². The molecule has 2 aromatic carbocycles. The summed E-state index contributed by atoms with van der Waals surface area (Å²) < 4.78 is 11.5. The van der Waals surface area contributed by atoms with Gasteiger partial charge in [0.1, 0.15) is 5.75 Å². The van der Waals surface area contributed by atoms with Crippen LogP contribution in [-0.2, 0) is 4.74 Å². The van der Waals surface area contributed by atoms with E-state index in [0.29, 0.717) is 5.75 Å². The largest absolute Gasteiger partial charge is 0.478 e. The van der Waals surface area contributed by atoms with Crippen molar-refractivity contribution in [2.45, 2.75) is 25.6 Å². The van der Waals surface area contributed by atoms with E-state index >= 15 is 0 Å². The van der Waals surface area contributed by atoms with E-state index in [1.807, 2.05) is 24.3 Å². The van der Waals surface area contributed by atoms with Crippen LogP contribution in [0.15, 0.2) is 48.5 Å². The predicted molar refractivity (Wildman–Crippen MR) is 90.0 cm³/mol. The highest BCUT2D eigenvalue weighted by Crippen LogP contribution is 2.22. The summed E-state index contributed by atoms with van der Waals surface area (Å²) in [6, 6.07) is 14.1. The summed E-state index contributed by atoms with van der Waals surface area (Å²) in [6.45, 7) is 0.731. The fraction of sp³-hybridized carbons (Fsp3) is 0.250. The number of hydrogen-bond donors (Lipinski definition) is 1. The van der Waals surface area contributed by atoms with Crippen molar-refractivity contribution in [3.63, 3.8) is 0 Å². The Hall–Kier alpha value is -2.77. The average molecular weight is 322 g/mol. The highest BCUT2D eigenvalue weighted by molar-refractivity contribution is 5.87. The van der Waals surface area contributed by atoms with Crippen LogP contribution in [0.1, 0.15) is 40.7 Å². The Morgan fingerprint density at radius 1 is 1.08 bits per heavy atom. The van der Waals surface area contributed by atoms with Crippen LogP contribution in [0.25, 0.3) is 0 Å². The molecule has 1 N–H and O–H groups in total. The first-order valence-electron chi connectivity index (χ1n) is 7.95. The van der Waals surface area contributed by atoms with Crippen LogP contribution in [0, 0.1) is 11.8 Å². The minimum Gasteiger partial charge on any atom is -0.478 e. The number of carboxylic acids is 1. The molecule has 2 aromatic rings. The monoisotopic (exact) mass is 322 g/mol. The number of carboxylic acid groups (broad SMARTS) is 1. The van der Waals surface area contributed by atoms with Crippen molar-refractivity contribution in [1.29, 1.82) is 0 Å². The van der Waals surface area contributed by atoms with Crippen molar-refractivity contribution in [3.8, 4) is 17.6 Å². The summed E-state index contributed by atoms with van der Waals surface area (Å²) in [5.74, 6) is 5.89. The average Bonchev–Trinajstić information content (AvgIpc) is 2.62. The molecule has 24 heavy (non-hydrogen) atoms. The second-order valence-corrected chi connectivity index (χ2v) is 5.54. The maximum atomic E-state index is 10.9. The number of benzene rings is 2. The van der Waals surface area contributed by atoms with Crippen molar-refractivity contribution in [2.75, 3.05) is 6.61 Å². The quantitative estimate of drug-likeness (QED) is 0.876. The van der Waals surface area contributed by atoms with Gasteiger partial charge in [0.25, 0.3) is 0 Å². The molecule has 0 amide bonds. The molecule has 1 fully saturated rings. The molecule has 0 bridgehead atoms. The van der Waals surface area contributed by atoms with E-state index in [0.717, 1.165) is 37.0 Å². The van der Waals surface area contributed by atoms with Crippen LogP contribution < -0.4 is 4.74 Å². The van der Waals surface area contributed by atoms with Gasteiger partial charge in [0.15, 0.2) is 6.29 Å². The van der Waals surface area contributed by atoms with Gasteiger partial charge in [0.2, 0.25) is 0 Å². The second-order valence-electron chi connectivity index (χ2n) is 5.54. The number of hydrogen-bond acceptors (Lipinski definition) is 3. The van der Waals surface area contributed by atoms with E-state index < -0.39 is 5.97 Å². The first-order chi connectivity index (χ1) is 11.7. The number of aromatic carboxylic acids is 1. The molecule has 1 saturated heterocycles. The van der Waals surface area contributed by atoms with E-state index in [2.05, 4.69) is 11.8 Å². The van der Waals surface area contributed by atoms with E-state index in [9.17, 15) is 4.79 Å². The first kappa shape index (κ1) is 16.1. The Labute approximate surface area is 141 Å². The van der Waals surface area contributed by atoms with Gasteiger partial charge >= 0.3 is 5.97 Å². The van der Waals surface area contributed by atoms with Crippen molar-refractivity contribution >= 4 is 5.97 Å². The number of para-hydroxylation sites is 1. The Balaban J connectivity index is 1.76. The van der Waals surface area contributed by atoms with Gasteiger partial charge in [-0.3, -0.25) is 0 Å². The minimum atomic E-state index is -0.944. The second kappa shape index (κ2) is 7.67. The van der Waals surface area contributed by atoms with Crippen molar-refractivity contribution < 1.29 is 19.4 Å². The Bertz CT molecular complexity index is 762. The van der Waals surface area contributed by atoms with Gasteiger partial charge < -0.3 is 14.6 Å². The summed E-state index contributed by atoms with van der Waals surface area (Å²) in [7, 11) is 0.